The normalized spacial score (nSPS) is 10.5. The monoisotopic (exact) mass is 298 g/mol. The van der Waals surface area contributed by atoms with Gasteiger partial charge < -0.3 is 15.5 Å². The number of amides is 1. The molecule has 116 valence electrons. The van der Waals surface area contributed by atoms with Crippen LogP contribution in [0.25, 0.3) is 0 Å². The van der Waals surface area contributed by atoms with Gasteiger partial charge in [0, 0.05) is 18.7 Å². The maximum absolute atomic E-state index is 12.2. The second-order valence-electron chi connectivity index (χ2n) is 5.43. The Balaban J connectivity index is 1.94. The van der Waals surface area contributed by atoms with Crippen molar-refractivity contribution in [2.45, 2.75) is 6.92 Å². The molecule has 22 heavy (non-hydrogen) atoms. The van der Waals surface area contributed by atoms with E-state index in [4.69, 9.17) is 0 Å². The molecule has 2 rings (SSSR count). The lowest BCUT2D eigenvalue weighted by atomic mass is 10.1. The van der Waals surface area contributed by atoms with Crippen LogP contribution in [-0.4, -0.2) is 43.0 Å². The van der Waals surface area contributed by atoms with Crippen molar-refractivity contribution >= 4 is 17.4 Å². The molecular formula is C17H22N4O. The molecule has 0 saturated heterocycles. The van der Waals surface area contributed by atoms with Crippen molar-refractivity contribution in [3.8, 4) is 0 Å². The van der Waals surface area contributed by atoms with E-state index in [9.17, 15) is 4.79 Å². The Bertz CT molecular complexity index is 623. The zero-order chi connectivity index (χ0) is 15.9. The third-order valence-electron chi connectivity index (χ3n) is 3.28. The summed E-state index contributed by atoms with van der Waals surface area (Å²) in [5.74, 6) is 0.408. The van der Waals surface area contributed by atoms with Gasteiger partial charge in [0.15, 0.2) is 0 Å². The van der Waals surface area contributed by atoms with Crippen molar-refractivity contribution in [3.05, 3.63) is 53.7 Å². The van der Waals surface area contributed by atoms with Crippen molar-refractivity contribution in [2.24, 2.45) is 0 Å². The van der Waals surface area contributed by atoms with Gasteiger partial charge in [-0.05, 0) is 44.8 Å². The van der Waals surface area contributed by atoms with E-state index in [1.165, 1.54) is 0 Å². The summed E-state index contributed by atoms with van der Waals surface area (Å²) < 4.78 is 0. The zero-order valence-corrected chi connectivity index (χ0v) is 13.3. The predicted molar refractivity (Wildman–Crippen MR) is 90.4 cm³/mol. The van der Waals surface area contributed by atoms with Crippen LogP contribution in [0.15, 0.2) is 42.6 Å². The molecule has 0 radical (unpaired) electrons. The number of pyridine rings is 1. The van der Waals surface area contributed by atoms with Gasteiger partial charge in [0.05, 0.1) is 11.9 Å². The van der Waals surface area contributed by atoms with E-state index in [1.807, 2.05) is 51.4 Å². The zero-order valence-electron chi connectivity index (χ0n) is 13.3. The summed E-state index contributed by atoms with van der Waals surface area (Å²) in [4.78, 5) is 18.6. The Kier molecular flexibility index (Phi) is 5.49. The average molecular weight is 298 g/mol. The van der Waals surface area contributed by atoms with Gasteiger partial charge in [-0.15, -0.1) is 0 Å². The first-order valence-electron chi connectivity index (χ1n) is 7.28. The van der Waals surface area contributed by atoms with Gasteiger partial charge in [-0.2, -0.15) is 0 Å². The molecule has 0 atom stereocenters. The van der Waals surface area contributed by atoms with Crippen molar-refractivity contribution in [1.82, 2.24) is 9.88 Å². The number of hydrogen-bond acceptors (Lipinski definition) is 4. The summed E-state index contributed by atoms with van der Waals surface area (Å²) >= 11 is 0. The van der Waals surface area contributed by atoms with E-state index >= 15 is 0 Å². The van der Waals surface area contributed by atoms with Gasteiger partial charge in [0.2, 0.25) is 0 Å². The van der Waals surface area contributed by atoms with Crippen LogP contribution >= 0.6 is 0 Å². The maximum atomic E-state index is 12.2. The number of carbonyl (C=O) groups is 1. The van der Waals surface area contributed by atoms with E-state index in [1.54, 1.807) is 12.3 Å². The lowest BCUT2D eigenvalue weighted by molar-refractivity contribution is 0.102. The van der Waals surface area contributed by atoms with Crippen LogP contribution in [0.3, 0.4) is 0 Å². The first-order chi connectivity index (χ1) is 10.6. The SMILES string of the molecule is Cc1ccccc1C(=O)Nc1ccc(NCCN(C)C)cn1. The number of aromatic nitrogens is 1. The second kappa shape index (κ2) is 7.56. The largest absolute Gasteiger partial charge is 0.383 e. The molecule has 0 fully saturated rings. The summed E-state index contributed by atoms with van der Waals surface area (Å²) in [5.41, 5.74) is 2.55. The molecule has 0 spiro atoms. The standard InChI is InChI=1S/C17H22N4O/c1-13-6-4-5-7-15(13)17(22)20-16-9-8-14(12-19-16)18-10-11-21(2)3/h4-9,12,18H,10-11H2,1-3H3,(H,19,20,22). The number of anilines is 2. The minimum atomic E-state index is -0.140. The predicted octanol–water partition coefficient (Wildman–Crippen LogP) is 2.62. The molecule has 0 aliphatic heterocycles. The minimum Gasteiger partial charge on any atom is -0.383 e. The van der Waals surface area contributed by atoms with Gasteiger partial charge >= 0.3 is 0 Å². The van der Waals surface area contributed by atoms with Crippen LogP contribution < -0.4 is 10.6 Å². The Hall–Kier alpha value is -2.40. The van der Waals surface area contributed by atoms with Crippen LogP contribution in [-0.2, 0) is 0 Å². The average Bonchev–Trinajstić information content (AvgIpc) is 2.49. The van der Waals surface area contributed by atoms with Gasteiger partial charge in [-0.25, -0.2) is 4.98 Å². The quantitative estimate of drug-likeness (QED) is 0.861. The lowest BCUT2D eigenvalue weighted by Crippen LogP contribution is -2.20. The third kappa shape index (κ3) is 4.56. The highest BCUT2D eigenvalue weighted by atomic mass is 16.1. The van der Waals surface area contributed by atoms with Crippen LogP contribution in [0.2, 0.25) is 0 Å². The lowest BCUT2D eigenvalue weighted by Gasteiger charge is -2.11. The van der Waals surface area contributed by atoms with Crippen LogP contribution in [0.5, 0.6) is 0 Å². The molecule has 5 nitrogen and oxygen atoms in total. The molecule has 0 aliphatic rings. The first kappa shape index (κ1) is 16.0. The molecule has 1 aromatic heterocycles. The molecule has 0 unspecified atom stereocenters. The van der Waals surface area contributed by atoms with Gasteiger partial charge in [-0.1, -0.05) is 18.2 Å². The number of nitrogens with zero attached hydrogens (tertiary/aromatic N) is 2. The topological polar surface area (TPSA) is 57.3 Å². The molecule has 0 aliphatic carbocycles. The van der Waals surface area contributed by atoms with Crippen molar-refractivity contribution in [2.75, 3.05) is 37.8 Å². The molecule has 0 bridgehead atoms. The molecule has 1 heterocycles. The van der Waals surface area contributed by atoms with E-state index < -0.39 is 0 Å². The van der Waals surface area contributed by atoms with Crippen molar-refractivity contribution in [3.63, 3.8) is 0 Å². The highest BCUT2D eigenvalue weighted by molar-refractivity contribution is 6.04. The summed E-state index contributed by atoms with van der Waals surface area (Å²) in [5, 5.41) is 6.09. The number of aryl methyl sites for hydroxylation is 1. The third-order valence-corrected chi connectivity index (χ3v) is 3.28. The molecule has 1 aromatic carbocycles. The van der Waals surface area contributed by atoms with E-state index in [-0.39, 0.29) is 5.91 Å². The molecule has 2 aromatic rings. The minimum absolute atomic E-state index is 0.140. The number of hydrogen-bond donors (Lipinski definition) is 2. The number of carbonyl (C=O) groups excluding carboxylic acids is 1. The fourth-order valence-corrected chi connectivity index (χ4v) is 2.01. The van der Waals surface area contributed by atoms with E-state index in [0.717, 1.165) is 24.3 Å². The Morgan fingerprint density at radius 2 is 1.95 bits per heavy atom. The molecule has 5 heteroatoms. The first-order valence-corrected chi connectivity index (χ1v) is 7.28. The smallest absolute Gasteiger partial charge is 0.257 e. The van der Waals surface area contributed by atoms with Crippen molar-refractivity contribution < 1.29 is 4.79 Å². The van der Waals surface area contributed by atoms with E-state index in [2.05, 4.69) is 20.5 Å². The number of rotatable bonds is 6. The number of benzene rings is 1. The Morgan fingerprint density at radius 3 is 2.59 bits per heavy atom. The van der Waals surface area contributed by atoms with Gasteiger partial charge in [-0.3, -0.25) is 4.79 Å². The van der Waals surface area contributed by atoms with E-state index in [0.29, 0.717) is 11.4 Å². The van der Waals surface area contributed by atoms with Crippen molar-refractivity contribution in [1.29, 1.82) is 0 Å². The number of nitrogens with one attached hydrogen (secondary N) is 2. The Labute approximate surface area is 131 Å². The summed E-state index contributed by atoms with van der Waals surface area (Å²) in [6.07, 6.45) is 1.73. The molecule has 2 N–H and O–H groups in total. The van der Waals surface area contributed by atoms with Crippen LogP contribution in [0, 0.1) is 6.92 Å². The van der Waals surface area contributed by atoms with Crippen LogP contribution in [0.1, 0.15) is 15.9 Å². The fraction of sp³-hybridized carbons (Fsp3) is 0.294. The summed E-state index contributed by atoms with van der Waals surface area (Å²) in [7, 11) is 4.06. The van der Waals surface area contributed by atoms with Gasteiger partial charge in [0.1, 0.15) is 5.82 Å². The fourth-order valence-electron chi connectivity index (χ4n) is 2.01. The molecule has 0 saturated carbocycles. The van der Waals surface area contributed by atoms with Gasteiger partial charge in [0.25, 0.3) is 5.91 Å². The highest BCUT2D eigenvalue weighted by Crippen LogP contribution is 2.12. The Morgan fingerprint density at radius 1 is 1.18 bits per heavy atom. The summed E-state index contributed by atoms with van der Waals surface area (Å²) in [6.45, 7) is 3.72. The highest BCUT2D eigenvalue weighted by Gasteiger charge is 2.08. The maximum Gasteiger partial charge on any atom is 0.257 e. The summed E-state index contributed by atoms with van der Waals surface area (Å²) in [6, 6.07) is 11.2. The number of likely N-dealkylation sites (N-methyl/N-ethyl adjacent to an activating group) is 1. The van der Waals surface area contributed by atoms with Crippen LogP contribution in [0.4, 0.5) is 11.5 Å². The molecular weight excluding hydrogens is 276 g/mol. The molecule has 1 amide bonds. The second-order valence-corrected chi connectivity index (χ2v) is 5.43.